The monoisotopic (exact) mass is 506 g/mol. The number of thioether (sulfide) groups is 1. The fraction of sp³-hybridized carbons (Fsp3) is 0.250. The first kappa shape index (κ1) is 23.3. The number of aromatic nitrogens is 4. The number of benzene rings is 2. The number of fused-ring (bicyclic) bond motifs is 1. The van der Waals surface area contributed by atoms with Gasteiger partial charge in [-0.2, -0.15) is 0 Å². The highest BCUT2D eigenvalue weighted by atomic mass is 32.2. The molecule has 3 heterocycles. The van der Waals surface area contributed by atoms with Crippen molar-refractivity contribution in [1.82, 2.24) is 25.1 Å². The number of carbonyl (C=O) groups is 2. The summed E-state index contributed by atoms with van der Waals surface area (Å²) in [7, 11) is 1.69. The number of esters is 1. The minimum Gasteiger partial charge on any atom is -0.448 e. The van der Waals surface area contributed by atoms with Crippen LogP contribution in [0.25, 0.3) is 0 Å². The van der Waals surface area contributed by atoms with Crippen LogP contribution in [0.3, 0.4) is 0 Å². The Balaban J connectivity index is 1.51. The summed E-state index contributed by atoms with van der Waals surface area (Å²) in [5.74, 6) is 0.0146. The van der Waals surface area contributed by atoms with Crippen molar-refractivity contribution < 1.29 is 14.3 Å². The normalized spacial score (nSPS) is 19.4. The molecular weight excluding hydrogens is 484 g/mol. The number of carbonyl (C=O) groups excluding carboxylic acids is 2. The Kier molecular flexibility index (Phi) is 6.46. The molecular formula is C24H22N6O3S2. The maximum absolute atomic E-state index is 13.7. The van der Waals surface area contributed by atoms with Gasteiger partial charge in [0, 0.05) is 19.2 Å². The van der Waals surface area contributed by atoms with Crippen molar-refractivity contribution >= 4 is 40.7 Å². The van der Waals surface area contributed by atoms with E-state index in [4.69, 9.17) is 22.7 Å². The van der Waals surface area contributed by atoms with E-state index in [0.717, 1.165) is 11.1 Å². The zero-order valence-electron chi connectivity index (χ0n) is 18.8. The number of aryl methyl sites for hydroxylation is 1. The molecule has 9 nitrogen and oxygen atoms in total. The predicted octanol–water partition coefficient (Wildman–Crippen LogP) is 2.15. The van der Waals surface area contributed by atoms with Gasteiger partial charge in [-0.25, -0.2) is 9.48 Å². The van der Waals surface area contributed by atoms with Crippen LogP contribution >= 0.6 is 24.0 Å². The summed E-state index contributed by atoms with van der Waals surface area (Å²) in [4.78, 5) is 28.4. The van der Waals surface area contributed by atoms with Gasteiger partial charge in [0.25, 0.3) is 0 Å². The summed E-state index contributed by atoms with van der Waals surface area (Å²) in [5, 5.41) is 11.1. The lowest BCUT2D eigenvalue weighted by atomic mass is 10.00. The minimum atomic E-state index is -0.654. The average molecular weight is 507 g/mol. The molecule has 1 saturated heterocycles. The van der Waals surface area contributed by atoms with Crippen LogP contribution in [-0.2, 0) is 21.4 Å². The molecule has 0 saturated carbocycles. The molecule has 178 valence electrons. The van der Waals surface area contributed by atoms with Gasteiger partial charge in [-0.3, -0.25) is 9.69 Å². The number of ether oxygens (including phenoxy) is 1. The number of tetrazole rings is 1. The first-order valence-electron chi connectivity index (χ1n) is 10.9. The van der Waals surface area contributed by atoms with E-state index in [0.29, 0.717) is 22.0 Å². The summed E-state index contributed by atoms with van der Waals surface area (Å²) in [6.07, 6.45) is -0.403. The molecule has 2 aliphatic heterocycles. The van der Waals surface area contributed by atoms with Gasteiger partial charge in [0.15, 0.2) is 11.9 Å². The lowest BCUT2D eigenvalue weighted by Crippen LogP contribution is -2.68. The summed E-state index contributed by atoms with van der Waals surface area (Å²) in [6, 6.07) is 18.3. The molecule has 2 unspecified atom stereocenters. The number of hydrogen-bond acceptors (Lipinski definition) is 9. The maximum atomic E-state index is 13.7. The van der Waals surface area contributed by atoms with E-state index >= 15 is 0 Å². The molecule has 5 rings (SSSR count). The van der Waals surface area contributed by atoms with Crippen LogP contribution in [-0.4, -0.2) is 59.0 Å². The maximum Gasteiger partial charge on any atom is 0.356 e. The van der Waals surface area contributed by atoms with Gasteiger partial charge in [-0.05, 0) is 27.1 Å². The Hall–Kier alpha value is -3.41. The zero-order chi connectivity index (χ0) is 24.5. The standard InChI is InChI=1S/C24H22N6O3S2/c1-29-21(26-27-28-29)17(34)12-16-13-35-23-18(25)22(31)30(23)19(16)24(32)33-20(14-8-4-2-5-9-14)15-10-6-3-7-11-15/h2-11,18,20,23H,12-13,25H2,1H3. The molecule has 0 bridgehead atoms. The second-order valence-electron chi connectivity index (χ2n) is 8.22. The van der Waals surface area contributed by atoms with E-state index in [1.807, 2.05) is 60.7 Å². The number of rotatable bonds is 7. The number of nitrogens with two attached hydrogens (primary N) is 1. The van der Waals surface area contributed by atoms with Crippen LogP contribution in [0.2, 0.25) is 0 Å². The molecule has 2 N–H and O–H groups in total. The Morgan fingerprint density at radius 3 is 2.37 bits per heavy atom. The Morgan fingerprint density at radius 2 is 1.80 bits per heavy atom. The van der Waals surface area contributed by atoms with E-state index < -0.39 is 18.1 Å². The van der Waals surface area contributed by atoms with Crippen molar-refractivity contribution in [3.63, 3.8) is 0 Å². The van der Waals surface area contributed by atoms with Gasteiger partial charge in [-0.15, -0.1) is 16.9 Å². The van der Waals surface area contributed by atoms with Gasteiger partial charge in [0.2, 0.25) is 5.91 Å². The van der Waals surface area contributed by atoms with Gasteiger partial charge in [-0.1, -0.05) is 72.9 Å². The highest BCUT2D eigenvalue weighted by Crippen LogP contribution is 2.41. The molecule has 0 radical (unpaired) electrons. The van der Waals surface area contributed by atoms with Crippen molar-refractivity contribution in [3.8, 4) is 0 Å². The Labute approximate surface area is 211 Å². The van der Waals surface area contributed by atoms with Crippen LogP contribution in [0.1, 0.15) is 29.5 Å². The lowest BCUT2D eigenvalue weighted by molar-refractivity contribution is -0.153. The first-order valence-corrected chi connectivity index (χ1v) is 12.4. The van der Waals surface area contributed by atoms with Crippen molar-refractivity contribution in [1.29, 1.82) is 0 Å². The Bertz CT molecular complexity index is 1270. The SMILES string of the molecule is Cn1nnnc1C(=S)CC1=C(C(=O)OC(c2ccccc2)c2ccccc2)N2C(=O)C(N)C2SC1. The second-order valence-corrected chi connectivity index (χ2v) is 9.82. The van der Waals surface area contributed by atoms with E-state index in [1.165, 1.54) is 21.3 Å². The quantitative estimate of drug-likeness (QED) is 0.223. The highest BCUT2D eigenvalue weighted by Gasteiger charge is 2.52. The fourth-order valence-electron chi connectivity index (χ4n) is 4.19. The van der Waals surface area contributed by atoms with Crippen molar-refractivity contribution in [2.24, 2.45) is 12.8 Å². The van der Waals surface area contributed by atoms with E-state index in [1.54, 1.807) is 7.05 Å². The third-order valence-corrected chi connectivity index (χ3v) is 7.64. The summed E-state index contributed by atoms with van der Waals surface area (Å²) in [5.41, 5.74) is 8.56. The molecule has 0 aliphatic carbocycles. The van der Waals surface area contributed by atoms with Gasteiger partial charge < -0.3 is 10.5 Å². The summed E-state index contributed by atoms with van der Waals surface area (Å²) >= 11 is 7.08. The van der Waals surface area contributed by atoms with E-state index in [9.17, 15) is 9.59 Å². The molecule has 35 heavy (non-hydrogen) atoms. The summed E-state index contributed by atoms with van der Waals surface area (Å²) < 4.78 is 7.57. The molecule has 2 aliphatic rings. The number of hydrogen-bond donors (Lipinski definition) is 1. The van der Waals surface area contributed by atoms with Crippen LogP contribution in [0.15, 0.2) is 71.9 Å². The predicted molar refractivity (Wildman–Crippen MR) is 134 cm³/mol. The van der Waals surface area contributed by atoms with Crippen LogP contribution in [0.5, 0.6) is 0 Å². The minimum absolute atomic E-state index is 0.204. The second kappa shape index (κ2) is 9.68. The fourth-order valence-corrected chi connectivity index (χ4v) is 5.83. The third kappa shape index (κ3) is 4.38. The number of amides is 1. The van der Waals surface area contributed by atoms with Gasteiger partial charge in [0.1, 0.15) is 17.1 Å². The average Bonchev–Trinajstić information content (AvgIpc) is 3.33. The summed E-state index contributed by atoms with van der Waals surface area (Å²) in [6.45, 7) is 0. The van der Waals surface area contributed by atoms with Crippen molar-refractivity contribution in [2.45, 2.75) is 23.9 Å². The molecule has 2 atom stereocenters. The highest BCUT2D eigenvalue weighted by molar-refractivity contribution is 8.00. The zero-order valence-corrected chi connectivity index (χ0v) is 20.4. The molecule has 3 aromatic rings. The third-order valence-electron chi connectivity index (χ3n) is 5.95. The van der Waals surface area contributed by atoms with Crippen LogP contribution < -0.4 is 5.73 Å². The molecule has 2 aromatic carbocycles. The molecule has 0 spiro atoms. The van der Waals surface area contributed by atoms with Crippen LogP contribution in [0, 0.1) is 0 Å². The van der Waals surface area contributed by atoms with E-state index in [2.05, 4.69) is 15.5 Å². The largest absolute Gasteiger partial charge is 0.448 e. The first-order chi connectivity index (χ1) is 17.0. The van der Waals surface area contributed by atoms with Crippen molar-refractivity contribution in [3.05, 3.63) is 88.9 Å². The molecule has 1 amide bonds. The molecule has 1 aromatic heterocycles. The lowest BCUT2D eigenvalue weighted by Gasteiger charge is -2.48. The topological polar surface area (TPSA) is 116 Å². The molecule has 11 heteroatoms. The number of nitrogens with zero attached hydrogens (tertiary/aromatic N) is 5. The van der Waals surface area contributed by atoms with Crippen molar-refractivity contribution in [2.75, 3.05) is 5.75 Å². The van der Waals surface area contributed by atoms with Gasteiger partial charge >= 0.3 is 5.97 Å². The van der Waals surface area contributed by atoms with E-state index in [-0.39, 0.29) is 23.4 Å². The Morgan fingerprint density at radius 1 is 1.17 bits per heavy atom. The smallest absolute Gasteiger partial charge is 0.356 e. The number of β-lactam (4-membered cyclic amide) rings is 1. The number of thiocarbonyl (C=S) groups is 1. The van der Waals surface area contributed by atoms with Gasteiger partial charge in [0.05, 0.1) is 4.86 Å². The van der Waals surface area contributed by atoms with Crippen LogP contribution in [0.4, 0.5) is 0 Å². The molecule has 1 fully saturated rings.